The average Bonchev–Trinajstić information content (AvgIpc) is 2.95. The van der Waals surface area contributed by atoms with Crippen molar-refractivity contribution >= 4 is 40.5 Å². The second kappa shape index (κ2) is 5.95. The van der Waals surface area contributed by atoms with Gasteiger partial charge in [-0.15, -0.1) is 0 Å². The Morgan fingerprint density at radius 3 is 2.39 bits per heavy atom. The maximum Gasteiger partial charge on any atom is 0.327 e. The fourth-order valence-electron chi connectivity index (χ4n) is 3.91. The zero-order valence-electron chi connectivity index (χ0n) is 14.1. The van der Waals surface area contributed by atoms with Crippen LogP contribution in [0.1, 0.15) is 33.0 Å². The highest BCUT2D eigenvalue weighted by atomic mass is 35.5. The van der Waals surface area contributed by atoms with Crippen LogP contribution in [-0.2, 0) is 0 Å². The minimum absolute atomic E-state index is 0.199. The molecule has 1 unspecified atom stereocenters. The Balaban J connectivity index is 1.88. The molecule has 0 saturated heterocycles. The normalized spacial score (nSPS) is 17.1. The van der Waals surface area contributed by atoms with E-state index in [1.54, 1.807) is 30.3 Å². The molecule has 28 heavy (non-hydrogen) atoms. The molecule has 1 aromatic heterocycles. The Morgan fingerprint density at radius 2 is 1.61 bits per heavy atom. The third kappa shape index (κ3) is 2.25. The number of ketones is 1. The van der Waals surface area contributed by atoms with Crippen molar-refractivity contribution in [1.82, 2.24) is 9.97 Å². The van der Waals surface area contributed by atoms with E-state index in [1.807, 2.05) is 12.1 Å². The van der Waals surface area contributed by atoms with Gasteiger partial charge in [-0.1, -0.05) is 59.6 Å². The highest BCUT2D eigenvalue weighted by Gasteiger charge is 2.42. The fraction of sp³-hybridized carbons (Fsp3) is 0.0500. The number of fused-ring (bicyclic) bond motifs is 3. The number of H-pyrrole nitrogens is 2. The van der Waals surface area contributed by atoms with Gasteiger partial charge < -0.3 is 5.32 Å². The Hall–Kier alpha value is -3.09. The zero-order chi connectivity index (χ0) is 19.6. The first-order valence-corrected chi connectivity index (χ1v) is 9.18. The maximum absolute atomic E-state index is 13.2. The van der Waals surface area contributed by atoms with E-state index in [9.17, 15) is 14.4 Å². The van der Waals surface area contributed by atoms with Crippen LogP contribution in [0.3, 0.4) is 0 Å². The number of aromatic amines is 2. The summed E-state index contributed by atoms with van der Waals surface area (Å²) < 4.78 is 0. The number of allylic oxidation sites excluding steroid dienone is 1. The lowest BCUT2D eigenvalue weighted by Gasteiger charge is -2.28. The number of hydrogen-bond acceptors (Lipinski definition) is 4. The van der Waals surface area contributed by atoms with Crippen LogP contribution in [0.5, 0.6) is 0 Å². The summed E-state index contributed by atoms with van der Waals surface area (Å²) in [7, 11) is 0. The first kappa shape index (κ1) is 17.0. The quantitative estimate of drug-likeness (QED) is 0.570. The molecule has 3 aromatic rings. The van der Waals surface area contributed by atoms with Crippen LogP contribution in [0.4, 0.5) is 5.82 Å². The molecule has 5 rings (SSSR count). The number of hydrogen-bond donors (Lipinski definition) is 3. The molecule has 0 bridgehead atoms. The average molecular weight is 412 g/mol. The van der Waals surface area contributed by atoms with E-state index in [1.165, 1.54) is 0 Å². The minimum atomic E-state index is -0.780. The van der Waals surface area contributed by atoms with Gasteiger partial charge in [0, 0.05) is 16.7 Å². The van der Waals surface area contributed by atoms with Gasteiger partial charge in [0.1, 0.15) is 5.82 Å². The molecule has 3 N–H and O–H groups in total. The molecule has 0 saturated carbocycles. The van der Waals surface area contributed by atoms with Crippen LogP contribution in [0.25, 0.3) is 5.70 Å². The van der Waals surface area contributed by atoms with Crippen molar-refractivity contribution < 1.29 is 4.79 Å². The molecule has 0 spiro atoms. The van der Waals surface area contributed by atoms with E-state index in [0.29, 0.717) is 33.0 Å². The summed E-state index contributed by atoms with van der Waals surface area (Å²) in [5.74, 6) is -0.744. The largest absolute Gasteiger partial charge is 0.340 e. The van der Waals surface area contributed by atoms with Gasteiger partial charge in [-0.2, -0.15) is 0 Å². The van der Waals surface area contributed by atoms with Crippen LogP contribution < -0.4 is 16.6 Å². The Morgan fingerprint density at radius 1 is 0.857 bits per heavy atom. The zero-order valence-corrected chi connectivity index (χ0v) is 15.6. The van der Waals surface area contributed by atoms with Crippen LogP contribution in [0.2, 0.25) is 10.0 Å². The van der Waals surface area contributed by atoms with E-state index in [2.05, 4.69) is 15.3 Å². The van der Waals surface area contributed by atoms with Gasteiger partial charge in [0.05, 0.1) is 27.2 Å². The fourth-order valence-corrected chi connectivity index (χ4v) is 4.32. The molecule has 1 atom stereocenters. The predicted molar refractivity (Wildman–Crippen MR) is 107 cm³/mol. The highest BCUT2D eigenvalue weighted by Crippen LogP contribution is 2.49. The van der Waals surface area contributed by atoms with Gasteiger partial charge >= 0.3 is 5.69 Å². The molecule has 138 valence electrons. The summed E-state index contributed by atoms with van der Waals surface area (Å²) in [4.78, 5) is 42.6. The van der Waals surface area contributed by atoms with Crippen molar-refractivity contribution in [2.75, 3.05) is 5.32 Å². The van der Waals surface area contributed by atoms with Crippen molar-refractivity contribution in [1.29, 1.82) is 0 Å². The molecule has 1 aliphatic heterocycles. The monoisotopic (exact) mass is 411 g/mol. The van der Waals surface area contributed by atoms with Crippen molar-refractivity contribution in [2.24, 2.45) is 0 Å². The molecule has 0 fully saturated rings. The summed E-state index contributed by atoms with van der Waals surface area (Å²) in [6.07, 6.45) is 0. The SMILES string of the molecule is O=C1C2=C(Nc3[nH]c(=O)[nH]c(=O)c3C2c2cccc(Cl)c2Cl)c2ccccc21. The lowest BCUT2D eigenvalue weighted by molar-refractivity contribution is 0.103. The number of anilines is 1. The standard InChI is InChI=1S/C20H11Cl2N3O3/c21-11-7-3-6-10(15(11)22)12-13-16(8-4-1-2-5-9(8)17(13)26)23-18-14(12)19(27)25-20(28)24-18/h1-7,12H,(H3,23,24,25,27,28). The highest BCUT2D eigenvalue weighted by molar-refractivity contribution is 6.42. The molecule has 0 amide bonds. The van der Waals surface area contributed by atoms with E-state index < -0.39 is 17.2 Å². The maximum atomic E-state index is 13.2. The van der Waals surface area contributed by atoms with Crippen molar-refractivity contribution in [3.8, 4) is 0 Å². The molecule has 0 radical (unpaired) electrons. The van der Waals surface area contributed by atoms with E-state index in [-0.39, 0.29) is 22.2 Å². The van der Waals surface area contributed by atoms with E-state index >= 15 is 0 Å². The number of carbonyl (C=O) groups excluding carboxylic acids is 1. The molecule has 1 aliphatic carbocycles. The topological polar surface area (TPSA) is 94.8 Å². The van der Waals surface area contributed by atoms with Crippen molar-refractivity contribution in [3.05, 3.63) is 101 Å². The van der Waals surface area contributed by atoms with Crippen molar-refractivity contribution in [2.45, 2.75) is 5.92 Å². The van der Waals surface area contributed by atoms with E-state index in [0.717, 1.165) is 0 Å². The molecular weight excluding hydrogens is 401 g/mol. The van der Waals surface area contributed by atoms with Gasteiger partial charge in [-0.3, -0.25) is 19.6 Å². The molecule has 6 nitrogen and oxygen atoms in total. The van der Waals surface area contributed by atoms with E-state index in [4.69, 9.17) is 23.2 Å². The van der Waals surface area contributed by atoms with Gasteiger partial charge in [-0.05, 0) is 11.6 Å². The van der Waals surface area contributed by atoms with Gasteiger partial charge in [0.2, 0.25) is 0 Å². The number of benzene rings is 2. The summed E-state index contributed by atoms with van der Waals surface area (Å²) in [5, 5.41) is 3.63. The van der Waals surface area contributed by atoms with Crippen molar-refractivity contribution in [3.63, 3.8) is 0 Å². The number of halogens is 2. The van der Waals surface area contributed by atoms with Gasteiger partial charge in [0.15, 0.2) is 5.78 Å². The second-order valence-electron chi connectivity index (χ2n) is 6.56. The Kier molecular flexibility index (Phi) is 3.62. The molecular formula is C20H11Cl2N3O3. The second-order valence-corrected chi connectivity index (χ2v) is 7.35. The summed E-state index contributed by atoms with van der Waals surface area (Å²) >= 11 is 12.7. The number of aromatic nitrogens is 2. The van der Waals surface area contributed by atoms with Crippen LogP contribution >= 0.6 is 23.2 Å². The number of Topliss-reactive ketones (excluding diaryl/α,β-unsaturated/α-hetero) is 1. The smallest absolute Gasteiger partial charge is 0.327 e. The number of nitrogens with one attached hydrogen (secondary N) is 3. The first-order chi connectivity index (χ1) is 13.5. The summed E-state index contributed by atoms with van der Waals surface area (Å²) in [5.41, 5.74) is 1.67. The molecule has 8 heteroatoms. The van der Waals surface area contributed by atoms with Gasteiger partial charge in [-0.25, -0.2) is 4.79 Å². The van der Waals surface area contributed by atoms with Crippen LogP contribution in [0, 0.1) is 0 Å². The molecule has 2 aliphatic rings. The molecule has 2 heterocycles. The summed E-state index contributed by atoms with van der Waals surface area (Å²) in [6, 6.07) is 12.2. The third-order valence-corrected chi connectivity index (χ3v) is 5.89. The minimum Gasteiger partial charge on any atom is -0.340 e. The van der Waals surface area contributed by atoms with Crippen LogP contribution in [0.15, 0.2) is 57.6 Å². The lowest BCUT2D eigenvalue weighted by Crippen LogP contribution is -2.33. The predicted octanol–water partition coefficient (Wildman–Crippen LogP) is 3.54. The number of rotatable bonds is 1. The summed E-state index contributed by atoms with van der Waals surface area (Å²) in [6.45, 7) is 0. The number of carbonyl (C=O) groups is 1. The Bertz CT molecular complexity index is 1340. The third-order valence-electron chi connectivity index (χ3n) is 5.05. The Labute approximate surface area is 167 Å². The first-order valence-electron chi connectivity index (χ1n) is 8.43. The van der Waals surface area contributed by atoms with Gasteiger partial charge in [0.25, 0.3) is 5.56 Å². The molecule has 2 aromatic carbocycles. The lowest BCUT2D eigenvalue weighted by atomic mass is 9.81. The van der Waals surface area contributed by atoms with Crippen LogP contribution in [-0.4, -0.2) is 15.8 Å².